The molecule has 3 nitrogen and oxygen atoms in total. The lowest BCUT2D eigenvalue weighted by Crippen LogP contribution is -1.90. The monoisotopic (exact) mass is 240 g/mol. The van der Waals surface area contributed by atoms with Crippen LogP contribution in [-0.4, -0.2) is 16.3 Å². The van der Waals surface area contributed by atoms with Crippen LogP contribution in [0.5, 0.6) is 0 Å². The number of para-hydroxylation sites is 1. The molecule has 3 rings (SSSR count). The Kier molecular flexibility index (Phi) is 2.42. The van der Waals surface area contributed by atoms with Crippen molar-refractivity contribution in [2.45, 2.75) is 0 Å². The van der Waals surface area contributed by atoms with Crippen LogP contribution in [0.3, 0.4) is 0 Å². The van der Waals surface area contributed by atoms with Crippen molar-refractivity contribution in [2.75, 3.05) is 0 Å². The van der Waals surface area contributed by atoms with Gasteiger partial charge in [0.2, 0.25) is 0 Å². The molecule has 0 fully saturated rings. The first-order chi connectivity index (χ1) is 8.38. The number of aromatic nitrogens is 2. The fourth-order valence-corrected chi connectivity index (χ4v) is 2.68. The van der Waals surface area contributed by atoms with E-state index in [0.717, 1.165) is 27.1 Å². The smallest absolute Gasteiger partial charge is 0.169 e. The number of hydrogen-bond acceptors (Lipinski definition) is 4. The van der Waals surface area contributed by atoms with Crippen molar-refractivity contribution in [3.05, 3.63) is 48.3 Å². The van der Waals surface area contributed by atoms with E-state index in [1.54, 1.807) is 17.5 Å². The minimum absolute atomic E-state index is 0.437. The molecule has 0 saturated carbocycles. The Bertz CT molecular complexity index is 657. The fourth-order valence-electron chi connectivity index (χ4n) is 1.68. The summed E-state index contributed by atoms with van der Waals surface area (Å²) >= 11 is 1.57. The van der Waals surface area contributed by atoms with Gasteiger partial charge < -0.3 is 0 Å². The second-order valence-electron chi connectivity index (χ2n) is 3.54. The van der Waals surface area contributed by atoms with Gasteiger partial charge in [0.25, 0.3) is 0 Å². The maximum atomic E-state index is 10.9. The predicted molar refractivity (Wildman–Crippen MR) is 68.2 cm³/mol. The first-order valence-corrected chi connectivity index (χ1v) is 5.96. The van der Waals surface area contributed by atoms with Gasteiger partial charge in [-0.3, -0.25) is 9.78 Å². The van der Waals surface area contributed by atoms with Crippen LogP contribution in [-0.2, 0) is 0 Å². The number of rotatable bonds is 2. The lowest BCUT2D eigenvalue weighted by Gasteiger charge is -1.97. The summed E-state index contributed by atoms with van der Waals surface area (Å²) in [5.74, 6) is 0. The summed E-state index contributed by atoms with van der Waals surface area (Å²) in [6.07, 6.45) is 2.38. The van der Waals surface area contributed by atoms with Crippen LogP contribution >= 0.6 is 11.3 Å². The van der Waals surface area contributed by atoms with E-state index in [4.69, 9.17) is 0 Å². The van der Waals surface area contributed by atoms with Crippen LogP contribution in [0.4, 0.5) is 0 Å². The average molecular weight is 240 g/mol. The highest BCUT2D eigenvalue weighted by Gasteiger charge is 2.10. The maximum Gasteiger partial charge on any atom is 0.169 e. The van der Waals surface area contributed by atoms with E-state index in [1.807, 2.05) is 36.4 Å². The molecule has 0 aliphatic carbocycles. The van der Waals surface area contributed by atoms with Gasteiger partial charge in [0.15, 0.2) is 6.29 Å². The Labute approximate surface area is 102 Å². The van der Waals surface area contributed by atoms with Gasteiger partial charge in [-0.1, -0.05) is 12.1 Å². The molecular weight excluding hydrogens is 232 g/mol. The molecular formula is C13H8N2OS. The third kappa shape index (κ3) is 1.72. The molecule has 0 aliphatic rings. The lowest BCUT2D eigenvalue weighted by atomic mass is 10.2. The van der Waals surface area contributed by atoms with Crippen LogP contribution < -0.4 is 0 Å². The average Bonchev–Trinajstić information content (AvgIpc) is 2.82. The zero-order chi connectivity index (χ0) is 11.7. The number of hydrogen-bond donors (Lipinski definition) is 0. The predicted octanol–water partition coefficient (Wildman–Crippen LogP) is 3.17. The summed E-state index contributed by atoms with van der Waals surface area (Å²) in [5.41, 5.74) is 2.18. The van der Waals surface area contributed by atoms with Crippen molar-refractivity contribution in [3.63, 3.8) is 0 Å². The van der Waals surface area contributed by atoms with Crippen molar-refractivity contribution in [3.8, 4) is 10.6 Å². The maximum absolute atomic E-state index is 10.9. The highest BCUT2D eigenvalue weighted by molar-refractivity contribution is 7.21. The largest absolute Gasteiger partial charge is 0.296 e. The molecule has 0 bridgehead atoms. The van der Waals surface area contributed by atoms with Crippen LogP contribution in [0.15, 0.2) is 42.6 Å². The topological polar surface area (TPSA) is 42.9 Å². The first-order valence-electron chi connectivity index (χ1n) is 5.14. The Morgan fingerprint density at radius 3 is 2.82 bits per heavy atom. The molecule has 3 aromatic rings. The SMILES string of the molecule is O=Cc1ncccc1-c1nc2ccccc2s1. The number of fused-ring (bicyclic) bond motifs is 1. The fraction of sp³-hybridized carbons (Fsp3) is 0. The summed E-state index contributed by atoms with van der Waals surface area (Å²) < 4.78 is 1.11. The van der Waals surface area contributed by atoms with E-state index < -0.39 is 0 Å². The van der Waals surface area contributed by atoms with Crippen LogP contribution in [0, 0.1) is 0 Å². The number of carbonyl (C=O) groups is 1. The minimum Gasteiger partial charge on any atom is -0.296 e. The molecule has 2 aromatic heterocycles. The van der Waals surface area contributed by atoms with E-state index >= 15 is 0 Å². The minimum atomic E-state index is 0.437. The van der Waals surface area contributed by atoms with Gasteiger partial charge in [0.1, 0.15) is 10.7 Å². The van der Waals surface area contributed by atoms with Gasteiger partial charge in [-0.25, -0.2) is 4.98 Å². The summed E-state index contributed by atoms with van der Waals surface area (Å²) in [6.45, 7) is 0. The van der Waals surface area contributed by atoms with E-state index in [-0.39, 0.29) is 0 Å². The van der Waals surface area contributed by atoms with Crippen LogP contribution in [0.25, 0.3) is 20.8 Å². The Balaban J connectivity index is 2.23. The second-order valence-corrected chi connectivity index (χ2v) is 4.57. The highest BCUT2D eigenvalue weighted by Crippen LogP contribution is 2.30. The molecule has 0 atom stereocenters. The van der Waals surface area contributed by atoms with Gasteiger partial charge >= 0.3 is 0 Å². The molecule has 17 heavy (non-hydrogen) atoms. The van der Waals surface area contributed by atoms with E-state index in [0.29, 0.717) is 5.69 Å². The van der Waals surface area contributed by atoms with Gasteiger partial charge in [0, 0.05) is 11.8 Å². The number of nitrogens with zero attached hydrogens (tertiary/aromatic N) is 2. The molecule has 0 spiro atoms. The van der Waals surface area contributed by atoms with Crippen molar-refractivity contribution in [1.82, 2.24) is 9.97 Å². The zero-order valence-corrected chi connectivity index (χ0v) is 9.65. The van der Waals surface area contributed by atoms with E-state index in [9.17, 15) is 4.79 Å². The summed E-state index contributed by atoms with van der Waals surface area (Å²) in [4.78, 5) is 19.5. The van der Waals surface area contributed by atoms with E-state index in [2.05, 4.69) is 9.97 Å². The Morgan fingerprint density at radius 1 is 1.12 bits per heavy atom. The molecule has 82 valence electrons. The third-order valence-electron chi connectivity index (χ3n) is 2.47. The number of pyridine rings is 1. The molecule has 0 N–H and O–H groups in total. The quantitative estimate of drug-likeness (QED) is 0.646. The van der Waals surface area contributed by atoms with Crippen molar-refractivity contribution in [2.24, 2.45) is 0 Å². The third-order valence-corrected chi connectivity index (χ3v) is 3.54. The molecule has 1 aromatic carbocycles. The standard InChI is InChI=1S/C13H8N2OS/c16-8-11-9(4-3-7-14-11)13-15-10-5-1-2-6-12(10)17-13/h1-8H. The molecule has 0 amide bonds. The molecule has 0 aliphatic heterocycles. The molecule has 0 saturated heterocycles. The number of thiazole rings is 1. The van der Waals surface area contributed by atoms with Crippen molar-refractivity contribution >= 4 is 27.8 Å². The molecule has 4 heteroatoms. The second kappa shape index (κ2) is 4.07. The van der Waals surface area contributed by atoms with Gasteiger partial charge in [-0.2, -0.15) is 0 Å². The first kappa shape index (κ1) is 10.1. The van der Waals surface area contributed by atoms with E-state index in [1.165, 1.54) is 0 Å². The summed E-state index contributed by atoms with van der Waals surface area (Å²) in [7, 11) is 0. The lowest BCUT2D eigenvalue weighted by molar-refractivity contribution is 0.111. The highest BCUT2D eigenvalue weighted by atomic mass is 32.1. The van der Waals surface area contributed by atoms with Crippen LogP contribution in [0.1, 0.15) is 10.5 Å². The Morgan fingerprint density at radius 2 is 2.00 bits per heavy atom. The van der Waals surface area contributed by atoms with Gasteiger partial charge in [-0.05, 0) is 24.3 Å². The number of aldehydes is 1. The number of benzene rings is 1. The van der Waals surface area contributed by atoms with Crippen LogP contribution in [0.2, 0.25) is 0 Å². The van der Waals surface area contributed by atoms with Crippen molar-refractivity contribution < 1.29 is 4.79 Å². The molecule has 0 radical (unpaired) electrons. The zero-order valence-electron chi connectivity index (χ0n) is 8.83. The van der Waals surface area contributed by atoms with Gasteiger partial charge in [-0.15, -0.1) is 11.3 Å². The normalized spacial score (nSPS) is 10.6. The van der Waals surface area contributed by atoms with Crippen molar-refractivity contribution in [1.29, 1.82) is 0 Å². The Hall–Kier alpha value is -2.07. The van der Waals surface area contributed by atoms with Gasteiger partial charge in [0.05, 0.1) is 10.2 Å². The molecule has 2 heterocycles. The number of carbonyl (C=O) groups excluding carboxylic acids is 1. The molecule has 0 unspecified atom stereocenters. The summed E-state index contributed by atoms with van der Waals surface area (Å²) in [6, 6.07) is 11.6. The summed E-state index contributed by atoms with van der Waals surface area (Å²) in [5, 5.41) is 0.835.